The average Bonchev–Trinajstić information content (AvgIpc) is 3.20. The molecule has 0 bridgehead atoms. The van der Waals surface area contributed by atoms with Gasteiger partial charge in [-0.1, -0.05) is 6.07 Å². The molecule has 0 saturated carbocycles. The summed E-state index contributed by atoms with van der Waals surface area (Å²) in [5.74, 6) is -0.539. The van der Waals surface area contributed by atoms with Crippen molar-refractivity contribution in [3.63, 3.8) is 0 Å². The number of aryl methyl sites for hydroxylation is 1. The smallest absolute Gasteiger partial charge is 0.240 e. The zero-order valence-electron chi connectivity index (χ0n) is 15.2. The van der Waals surface area contributed by atoms with Crippen molar-refractivity contribution in [2.75, 3.05) is 4.90 Å². The van der Waals surface area contributed by atoms with Crippen LogP contribution in [-0.4, -0.2) is 25.2 Å². The van der Waals surface area contributed by atoms with Crippen molar-refractivity contribution in [2.45, 2.75) is 31.2 Å². The van der Waals surface area contributed by atoms with Gasteiger partial charge >= 0.3 is 0 Å². The summed E-state index contributed by atoms with van der Waals surface area (Å²) < 4.78 is 27.7. The van der Waals surface area contributed by atoms with Gasteiger partial charge in [-0.25, -0.2) is 13.1 Å². The second-order valence-electron chi connectivity index (χ2n) is 6.82. The third-order valence-electron chi connectivity index (χ3n) is 4.74. The predicted octanol–water partition coefficient (Wildman–Crippen LogP) is 2.61. The predicted molar refractivity (Wildman–Crippen MR) is 105 cm³/mol. The summed E-state index contributed by atoms with van der Waals surface area (Å²) in [7, 11) is -3.72. The standard InChI is InChI=1S/C20H19N3O4S/c1-13-10-15-11-14(2-7-18(15)22-13)12-21-28(26,27)17-5-3-16(4-6-17)23-19(24)8-9-20(23)25/h2-7,10-11,21-22H,8-9,12H2,1H3. The number of benzene rings is 2. The zero-order valence-corrected chi connectivity index (χ0v) is 16.0. The summed E-state index contributed by atoms with van der Waals surface area (Å²) in [6, 6.07) is 13.5. The quantitative estimate of drug-likeness (QED) is 0.647. The van der Waals surface area contributed by atoms with Crippen LogP contribution in [0, 0.1) is 6.92 Å². The van der Waals surface area contributed by atoms with Gasteiger partial charge in [0, 0.05) is 30.6 Å². The number of hydrogen-bond donors (Lipinski definition) is 2. The van der Waals surface area contributed by atoms with Crippen LogP contribution >= 0.6 is 0 Å². The lowest BCUT2D eigenvalue weighted by molar-refractivity contribution is -0.121. The van der Waals surface area contributed by atoms with Crippen LogP contribution < -0.4 is 9.62 Å². The number of aromatic amines is 1. The summed E-state index contributed by atoms with van der Waals surface area (Å²) >= 11 is 0. The molecule has 0 radical (unpaired) electrons. The lowest BCUT2D eigenvalue weighted by atomic mass is 10.1. The first-order valence-electron chi connectivity index (χ1n) is 8.87. The molecule has 8 heteroatoms. The highest BCUT2D eigenvalue weighted by molar-refractivity contribution is 7.89. The Bertz CT molecular complexity index is 1160. The SMILES string of the molecule is Cc1cc2cc(CNS(=O)(=O)c3ccc(N4C(=O)CCC4=O)cc3)ccc2[nH]1. The fourth-order valence-electron chi connectivity index (χ4n) is 3.34. The number of hydrogen-bond acceptors (Lipinski definition) is 4. The number of nitrogens with zero attached hydrogens (tertiary/aromatic N) is 1. The maximum Gasteiger partial charge on any atom is 0.240 e. The third-order valence-corrected chi connectivity index (χ3v) is 6.16. The summed E-state index contributed by atoms with van der Waals surface area (Å²) in [4.78, 5) is 28.0. The van der Waals surface area contributed by atoms with E-state index in [-0.39, 0.29) is 36.1 Å². The van der Waals surface area contributed by atoms with Crippen LogP contribution in [0.4, 0.5) is 5.69 Å². The molecular formula is C20H19N3O4S. The van der Waals surface area contributed by atoms with E-state index in [0.717, 1.165) is 27.1 Å². The normalized spacial score (nSPS) is 15.0. The number of imide groups is 1. The Labute approximate surface area is 162 Å². The van der Waals surface area contributed by atoms with E-state index in [1.807, 2.05) is 31.2 Å². The van der Waals surface area contributed by atoms with Crippen molar-refractivity contribution in [3.05, 3.63) is 59.8 Å². The molecule has 0 unspecified atom stereocenters. The second-order valence-corrected chi connectivity index (χ2v) is 8.58. The molecule has 1 fully saturated rings. The van der Waals surface area contributed by atoms with Crippen LogP contribution in [0.3, 0.4) is 0 Å². The molecule has 2 N–H and O–H groups in total. The molecule has 0 atom stereocenters. The second kappa shape index (κ2) is 6.88. The highest BCUT2D eigenvalue weighted by Gasteiger charge is 2.30. The van der Waals surface area contributed by atoms with E-state index in [1.54, 1.807) is 0 Å². The minimum absolute atomic E-state index is 0.0777. The van der Waals surface area contributed by atoms with E-state index in [0.29, 0.717) is 5.69 Å². The van der Waals surface area contributed by atoms with Crippen molar-refractivity contribution < 1.29 is 18.0 Å². The van der Waals surface area contributed by atoms with Gasteiger partial charge in [0.1, 0.15) is 0 Å². The van der Waals surface area contributed by atoms with Crippen LogP contribution in [0.25, 0.3) is 10.9 Å². The molecule has 2 amide bonds. The first-order valence-corrected chi connectivity index (χ1v) is 10.4. The van der Waals surface area contributed by atoms with Gasteiger partial charge in [0.2, 0.25) is 21.8 Å². The molecule has 1 aliphatic rings. The zero-order chi connectivity index (χ0) is 19.9. The molecule has 2 heterocycles. The number of carbonyl (C=O) groups excluding carboxylic acids is 2. The lowest BCUT2D eigenvalue weighted by Gasteiger charge is -2.14. The number of aromatic nitrogens is 1. The first kappa shape index (κ1) is 18.4. The number of rotatable bonds is 5. The first-order chi connectivity index (χ1) is 13.3. The highest BCUT2D eigenvalue weighted by Crippen LogP contribution is 2.24. The number of carbonyl (C=O) groups is 2. The van der Waals surface area contributed by atoms with Crippen LogP contribution in [0.2, 0.25) is 0 Å². The number of H-pyrrole nitrogens is 1. The monoisotopic (exact) mass is 397 g/mol. The van der Waals surface area contributed by atoms with Gasteiger partial charge in [0.15, 0.2) is 0 Å². The van der Waals surface area contributed by atoms with Crippen molar-refractivity contribution in [2.24, 2.45) is 0 Å². The van der Waals surface area contributed by atoms with E-state index in [1.165, 1.54) is 24.3 Å². The molecule has 0 aliphatic carbocycles. The topological polar surface area (TPSA) is 99.3 Å². The van der Waals surface area contributed by atoms with E-state index >= 15 is 0 Å². The number of amides is 2. The maximum atomic E-state index is 12.6. The Morgan fingerprint density at radius 2 is 1.68 bits per heavy atom. The Morgan fingerprint density at radius 1 is 1.00 bits per heavy atom. The fraction of sp³-hybridized carbons (Fsp3) is 0.200. The van der Waals surface area contributed by atoms with E-state index in [4.69, 9.17) is 0 Å². The number of anilines is 1. The summed E-state index contributed by atoms with van der Waals surface area (Å²) in [5.41, 5.74) is 3.29. The molecule has 0 spiro atoms. The Hall–Kier alpha value is -2.97. The number of nitrogens with one attached hydrogen (secondary N) is 2. The van der Waals surface area contributed by atoms with Gasteiger partial charge in [-0.05, 0) is 60.3 Å². The maximum absolute atomic E-state index is 12.6. The van der Waals surface area contributed by atoms with Crippen LogP contribution in [0.5, 0.6) is 0 Å². The number of fused-ring (bicyclic) bond motifs is 1. The van der Waals surface area contributed by atoms with E-state index in [2.05, 4.69) is 9.71 Å². The van der Waals surface area contributed by atoms with E-state index in [9.17, 15) is 18.0 Å². The highest BCUT2D eigenvalue weighted by atomic mass is 32.2. The molecule has 3 aromatic rings. The largest absolute Gasteiger partial charge is 0.359 e. The molecular weight excluding hydrogens is 378 g/mol. The van der Waals surface area contributed by atoms with Gasteiger partial charge < -0.3 is 4.98 Å². The molecule has 1 aromatic heterocycles. The average molecular weight is 397 g/mol. The van der Waals surface area contributed by atoms with Crippen LogP contribution in [-0.2, 0) is 26.2 Å². The van der Waals surface area contributed by atoms with Crippen molar-refractivity contribution in [1.82, 2.24) is 9.71 Å². The van der Waals surface area contributed by atoms with Gasteiger partial charge in [-0.15, -0.1) is 0 Å². The molecule has 4 rings (SSSR count). The summed E-state index contributed by atoms with van der Waals surface area (Å²) in [6.45, 7) is 2.13. The minimum atomic E-state index is -3.72. The third kappa shape index (κ3) is 3.44. The van der Waals surface area contributed by atoms with Crippen LogP contribution in [0.1, 0.15) is 24.1 Å². The molecule has 2 aromatic carbocycles. The van der Waals surface area contributed by atoms with Gasteiger partial charge in [0.25, 0.3) is 0 Å². The molecule has 7 nitrogen and oxygen atoms in total. The summed E-state index contributed by atoms with van der Waals surface area (Å²) in [5, 5.41) is 1.03. The Kier molecular flexibility index (Phi) is 4.52. The van der Waals surface area contributed by atoms with Crippen molar-refractivity contribution >= 4 is 38.4 Å². The fourth-order valence-corrected chi connectivity index (χ4v) is 4.36. The van der Waals surface area contributed by atoms with Crippen LogP contribution in [0.15, 0.2) is 53.4 Å². The van der Waals surface area contributed by atoms with Crippen molar-refractivity contribution in [3.8, 4) is 0 Å². The van der Waals surface area contributed by atoms with E-state index < -0.39 is 10.0 Å². The Morgan fingerprint density at radius 3 is 2.36 bits per heavy atom. The lowest BCUT2D eigenvalue weighted by Crippen LogP contribution is -2.28. The minimum Gasteiger partial charge on any atom is -0.359 e. The van der Waals surface area contributed by atoms with Gasteiger partial charge in [-0.3, -0.25) is 14.5 Å². The molecule has 1 aliphatic heterocycles. The van der Waals surface area contributed by atoms with Crippen molar-refractivity contribution in [1.29, 1.82) is 0 Å². The molecule has 144 valence electrons. The van der Waals surface area contributed by atoms with Gasteiger partial charge in [-0.2, -0.15) is 0 Å². The molecule has 1 saturated heterocycles. The Balaban J connectivity index is 1.49. The summed E-state index contributed by atoms with van der Waals surface area (Å²) in [6.07, 6.45) is 0.372. The number of sulfonamides is 1. The van der Waals surface area contributed by atoms with Gasteiger partial charge in [0.05, 0.1) is 10.6 Å². The molecule has 28 heavy (non-hydrogen) atoms.